The maximum absolute atomic E-state index is 14.8. The van der Waals surface area contributed by atoms with Gasteiger partial charge in [0.15, 0.2) is 0 Å². The molecule has 0 saturated carbocycles. The van der Waals surface area contributed by atoms with Gasteiger partial charge in [0.2, 0.25) is 11.9 Å². The molecule has 0 aliphatic heterocycles. The average Bonchev–Trinajstić information content (AvgIpc) is 2.98. The first kappa shape index (κ1) is 32.3. The summed E-state index contributed by atoms with van der Waals surface area (Å²) >= 11 is 0. The maximum Gasteiger partial charge on any atom is 0.251 e. The van der Waals surface area contributed by atoms with E-state index in [2.05, 4.69) is 37.4 Å². The van der Waals surface area contributed by atoms with Crippen LogP contribution in [-0.4, -0.2) is 68.0 Å². The highest BCUT2D eigenvalue weighted by Gasteiger charge is 2.32. The molecule has 0 bridgehead atoms. The molecule has 1 aliphatic rings. The zero-order valence-corrected chi connectivity index (χ0v) is 25.6. The summed E-state index contributed by atoms with van der Waals surface area (Å²) in [6.07, 6.45) is 3.61. The third kappa shape index (κ3) is 8.07. The quantitative estimate of drug-likeness (QED) is 0.194. The van der Waals surface area contributed by atoms with Gasteiger partial charge < -0.3 is 30.5 Å². The van der Waals surface area contributed by atoms with Gasteiger partial charge in [-0.15, -0.1) is 0 Å². The van der Waals surface area contributed by atoms with Crippen molar-refractivity contribution in [3.63, 3.8) is 0 Å². The smallest absolute Gasteiger partial charge is 0.251 e. The molecule has 1 aromatic heterocycles. The molecule has 12 heteroatoms. The SMILES string of the molecule is C=CC(=O)Nc1cc(Nc2ncc(C3=CCC(F)(F)CC3)c(Nc3cc(C)ccc3F)n2)c(OC)cc1N(C)CCN(C)C. The third-order valence-electron chi connectivity index (χ3n) is 7.22. The van der Waals surface area contributed by atoms with E-state index in [1.807, 2.05) is 33.0 Å². The second-order valence-electron chi connectivity index (χ2n) is 11.0. The zero-order valence-electron chi connectivity index (χ0n) is 25.6. The summed E-state index contributed by atoms with van der Waals surface area (Å²) in [5.74, 6) is -2.80. The number of halogens is 3. The predicted octanol–water partition coefficient (Wildman–Crippen LogP) is 6.74. The Morgan fingerprint density at radius 2 is 1.89 bits per heavy atom. The highest BCUT2D eigenvalue weighted by molar-refractivity contribution is 6.02. The van der Waals surface area contributed by atoms with Crippen molar-refractivity contribution in [3.8, 4) is 5.75 Å². The number of aryl methyl sites for hydroxylation is 1. The van der Waals surface area contributed by atoms with Gasteiger partial charge in [0.25, 0.3) is 5.92 Å². The minimum atomic E-state index is -2.77. The Hall–Kier alpha value is -4.58. The van der Waals surface area contributed by atoms with Crippen LogP contribution in [0.2, 0.25) is 0 Å². The van der Waals surface area contributed by atoms with Crippen LogP contribution in [0.15, 0.2) is 55.3 Å². The lowest BCUT2D eigenvalue weighted by Crippen LogP contribution is -2.29. The van der Waals surface area contributed by atoms with Crippen molar-refractivity contribution in [1.82, 2.24) is 14.9 Å². The molecule has 9 nitrogen and oxygen atoms in total. The molecule has 0 atom stereocenters. The van der Waals surface area contributed by atoms with Gasteiger partial charge in [0.1, 0.15) is 17.4 Å². The van der Waals surface area contributed by atoms with E-state index < -0.39 is 18.2 Å². The number of nitrogens with one attached hydrogen (secondary N) is 3. The minimum Gasteiger partial charge on any atom is -0.494 e. The third-order valence-corrected chi connectivity index (χ3v) is 7.22. The second kappa shape index (κ2) is 13.8. The van der Waals surface area contributed by atoms with Crippen LogP contribution in [0, 0.1) is 12.7 Å². The number of nitrogens with zero attached hydrogens (tertiary/aromatic N) is 4. The van der Waals surface area contributed by atoms with E-state index in [-0.39, 0.29) is 36.2 Å². The Morgan fingerprint density at radius 1 is 1.11 bits per heavy atom. The first-order chi connectivity index (χ1) is 20.9. The number of aromatic nitrogens is 2. The number of amides is 1. The van der Waals surface area contributed by atoms with E-state index >= 15 is 0 Å². The lowest BCUT2D eigenvalue weighted by Gasteiger charge is -2.26. The molecule has 1 aliphatic carbocycles. The van der Waals surface area contributed by atoms with E-state index in [1.165, 1.54) is 31.5 Å². The first-order valence-corrected chi connectivity index (χ1v) is 14.1. The number of allylic oxidation sites excluding steroid dienone is 2. The molecule has 44 heavy (non-hydrogen) atoms. The van der Waals surface area contributed by atoms with Crippen molar-refractivity contribution in [2.45, 2.75) is 32.1 Å². The van der Waals surface area contributed by atoms with E-state index in [9.17, 15) is 18.0 Å². The van der Waals surface area contributed by atoms with Crippen molar-refractivity contribution >= 4 is 46.0 Å². The number of likely N-dealkylation sites (N-methyl/N-ethyl adjacent to an activating group) is 2. The molecule has 3 N–H and O–H groups in total. The Labute approximate surface area is 255 Å². The fourth-order valence-electron chi connectivity index (χ4n) is 4.70. The Morgan fingerprint density at radius 3 is 2.55 bits per heavy atom. The Balaban J connectivity index is 1.75. The van der Waals surface area contributed by atoms with Crippen LogP contribution in [0.25, 0.3) is 5.57 Å². The average molecular weight is 610 g/mol. The Bertz CT molecular complexity index is 1560. The van der Waals surface area contributed by atoms with Gasteiger partial charge in [-0.3, -0.25) is 4.79 Å². The number of rotatable bonds is 12. The normalized spacial score (nSPS) is 14.1. The minimum absolute atomic E-state index is 0.122. The van der Waals surface area contributed by atoms with Gasteiger partial charge in [-0.1, -0.05) is 18.7 Å². The van der Waals surface area contributed by atoms with Crippen LogP contribution in [0.5, 0.6) is 5.75 Å². The number of ether oxygens (including phenoxy) is 1. The van der Waals surface area contributed by atoms with Crippen LogP contribution in [-0.2, 0) is 4.79 Å². The summed E-state index contributed by atoms with van der Waals surface area (Å²) in [6.45, 7) is 6.84. The number of benzene rings is 2. The van der Waals surface area contributed by atoms with Gasteiger partial charge in [0.05, 0.1) is 29.9 Å². The Kier molecular flexibility index (Phi) is 10.1. The van der Waals surface area contributed by atoms with Crippen LogP contribution < -0.4 is 25.6 Å². The fourth-order valence-corrected chi connectivity index (χ4v) is 4.70. The topological polar surface area (TPSA) is 94.6 Å². The first-order valence-electron chi connectivity index (χ1n) is 14.1. The summed E-state index contributed by atoms with van der Waals surface area (Å²) in [5.41, 5.74) is 3.84. The molecule has 234 valence electrons. The molecular formula is C32H38F3N7O2. The molecule has 4 rings (SSSR count). The number of hydrogen-bond donors (Lipinski definition) is 3. The lowest BCUT2D eigenvalue weighted by molar-refractivity contribution is -0.111. The number of methoxy groups -OCH3 is 1. The predicted molar refractivity (Wildman–Crippen MR) is 170 cm³/mol. The molecule has 2 aromatic carbocycles. The zero-order chi connectivity index (χ0) is 32.0. The van der Waals surface area contributed by atoms with Gasteiger partial charge >= 0.3 is 0 Å². The van der Waals surface area contributed by atoms with Gasteiger partial charge in [-0.05, 0) is 62.9 Å². The van der Waals surface area contributed by atoms with Crippen molar-refractivity contribution in [2.24, 2.45) is 0 Å². The van der Waals surface area contributed by atoms with E-state index in [1.54, 1.807) is 24.3 Å². The van der Waals surface area contributed by atoms with E-state index in [0.717, 1.165) is 17.8 Å². The number of anilines is 6. The second-order valence-corrected chi connectivity index (χ2v) is 11.0. The standard InChI is InChI=1S/C32H38F3N7O2/c1-7-29(43)37-25-17-26(28(44-6)18-27(25)42(5)15-14-41(3)4)39-31-36-19-22(21-10-12-32(34,35)13-11-21)30(40-31)38-24-16-20(2)8-9-23(24)33/h7-10,16-19H,1,11-15H2,2-6H3,(H,37,43)(H2,36,38,39,40). The van der Waals surface area contributed by atoms with Crippen molar-refractivity contribution in [2.75, 3.05) is 62.2 Å². The molecule has 0 spiro atoms. The summed E-state index contributed by atoms with van der Waals surface area (Å²) in [6, 6.07) is 8.13. The summed E-state index contributed by atoms with van der Waals surface area (Å²) in [4.78, 5) is 25.5. The van der Waals surface area contributed by atoms with Gasteiger partial charge in [0, 0.05) is 50.8 Å². The summed E-state index contributed by atoms with van der Waals surface area (Å²) in [7, 11) is 7.39. The number of hydrogen-bond acceptors (Lipinski definition) is 8. The molecule has 0 saturated heterocycles. The van der Waals surface area contributed by atoms with Crippen LogP contribution >= 0.6 is 0 Å². The van der Waals surface area contributed by atoms with Crippen molar-refractivity contribution in [3.05, 3.63) is 72.2 Å². The van der Waals surface area contributed by atoms with Crippen LogP contribution in [0.1, 0.15) is 30.4 Å². The molecule has 0 radical (unpaired) electrons. The molecule has 1 heterocycles. The maximum atomic E-state index is 14.8. The molecule has 0 fully saturated rings. The largest absolute Gasteiger partial charge is 0.494 e. The molecule has 0 unspecified atom stereocenters. The van der Waals surface area contributed by atoms with Crippen molar-refractivity contribution in [1.29, 1.82) is 0 Å². The number of alkyl halides is 2. The van der Waals surface area contributed by atoms with Crippen molar-refractivity contribution < 1.29 is 22.7 Å². The summed E-state index contributed by atoms with van der Waals surface area (Å²) in [5, 5.41) is 9.03. The molecule has 3 aromatic rings. The number of carbonyl (C=O) groups excluding carboxylic acids is 1. The van der Waals surface area contributed by atoms with E-state index in [4.69, 9.17) is 4.74 Å². The molecular weight excluding hydrogens is 571 g/mol. The van der Waals surface area contributed by atoms with Crippen LogP contribution in [0.4, 0.5) is 47.7 Å². The monoisotopic (exact) mass is 609 g/mol. The summed E-state index contributed by atoms with van der Waals surface area (Å²) < 4.78 is 48.3. The molecule has 1 amide bonds. The van der Waals surface area contributed by atoms with Gasteiger partial charge in [-0.2, -0.15) is 4.98 Å². The highest BCUT2D eigenvalue weighted by Crippen LogP contribution is 2.40. The van der Waals surface area contributed by atoms with E-state index in [0.29, 0.717) is 34.8 Å². The van der Waals surface area contributed by atoms with Crippen LogP contribution in [0.3, 0.4) is 0 Å². The number of carbonyl (C=O) groups is 1. The fraction of sp³-hybridized carbons (Fsp3) is 0.344. The van der Waals surface area contributed by atoms with Gasteiger partial charge in [-0.25, -0.2) is 18.2 Å². The lowest BCUT2D eigenvalue weighted by atomic mass is 9.92. The highest BCUT2D eigenvalue weighted by atomic mass is 19.3.